The number of sulfonamides is 1. The largest absolute Gasteiger partial charge is 0.326 e. The standard InChI is InChI=1S/C11H10Cl2N2O2S2/c12-7-2-1-3-8(13)11(7)15-19(16,17)10-4-5-18-9(10)6-14/h1-5,15H,6,14H2. The van der Waals surface area contributed by atoms with Gasteiger partial charge in [0.05, 0.1) is 15.7 Å². The van der Waals surface area contributed by atoms with Gasteiger partial charge in [-0.2, -0.15) is 0 Å². The molecule has 0 atom stereocenters. The van der Waals surface area contributed by atoms with Crippen molar-refractivity contribution in [1.82, 2.24) is 0 Å². The molecule has 0 spiro atoms. The minimum atomic E-state index is -3.75. The number of hydrogen-bond acceptors (Lipinski definition) is 4. The van der Waals surface area contributed by atoms with Crippen molar-refractivity contribution in [2.24, 2.45) is 5.73 Å². The summed E-state index contributed by atoms with van der Waals surface area (Å²) in [6.07, 6.45) is 0. The van der Waals surface area contributed by atoms with E-state index in [-0.39, 0.29) is 27.2 Å². The molecule has 0 unspecified atom stereocenters. The van der Waals surface area contributed by atoms with Gasteiger partial charge in [0.1, 0.15) is 4.90 Å². The van der Waals surface area contributed by atoms with Gasteiger partial charge in [0.2, 0.25) is 0 Å². The van der Waals surface area contributed by atoms with Gasteiger partial charge >= 0.3 is 0 Å². The van der Waals surface area contributed by atoms with Crippen molar-refractivity contribution in [1.29, 1.82) is 0 Å². The molecular weight excluding hydrogens is 327 g/mol. The topological polar surface area (TPSA) is 72.2 Å². The molecule has 0 aliphatic carbocycles. The monoisotopic (exact) mass is 336 g/mol. The molecule has 4 nitrogen and oxygen atoms in total. The molecule has 0 saturated heterocycles. The summed E-state index contributed by atoms with van der Waals surface area (Å²) in [5.74, 6) is 0. The molecule has 2 rings (SSSR count). The summed E-state index contributed by atoms with van der Waals surface area (Å²) < 4.78 is 26.9. The van der Waals surface area contributed by atoms with E-state index in [1.165, 1.54) is 17.4 Å². The first-order valence-electron chi connectivity index (χ1n) is 5.19. The van der Waals surface area contributed by atoms with Crippen LogP contribution < -0.4 is 10.5 Å². The summed E-state index contributed by atoms with van der Waals surface area (Å²) in [7, 11) is -3.75. The van der Waals surface area contributed by atoms with E-state index < -0.39 is 10.0 Å². The van der Waals surface area contributed by atoms with Gasteiger partial charge in [0.25, 0.3) is 10.0 Å². The third-order valence-corrected chi connectivity index (χ3v) is 5.52. The van der Waals surface area contributed by atoms with Crippen molar-refractivity contribution < 1.29 is 8.42 Å². The number of nitrogens with two attached hydrogens (primary N) is 1. The number of para-hydroxylation sites is 1. The lowest BCUT2D eigenvalue weighted by Gasteiger charge is -2.11. The number of nitrogens with one attached hydrogen (secondary N) is 1. The minimum absolute atomic E-state index is 0.149. The first kappa shape index (κ1) is 14.6. The highest BCUT2D eigenvalue weighted by atomic mass is 35.5. The molecule has 8 heteroatoms. The highest BCUT2D eigenvalue weighted by molar-refractivity contribution is 7.93. The molecule has 1 heterocycles. The lowest BCUT2D eigenvalue weighted by Crippen LogP contribution is -2.15. The summed E-state index contributed by atoms with van der Waals surface area (Å²) in [6, 6.07) is 6.25. The number of hydrogen-bond donors (Lipinski definition) is 2. The van der Waals surface area contributed by atoms with E-state index in [0.29, 0.717) is 4.88 Å². The molecule has 1 aromatic heterocycles. The van der Waals surface area contributed by atoms with Crippen LogP contribution in [0.5, 0.6) is 0 Å². The van der Waals surface area contributed by atoms with Crippen LogP contribution in [0.25, 0.3) is 0 Å². The fraction of sp³-hybridized carbons (Fsp3) is 0.0909. The number of anilines is 1. The average molecular weight is 337 g/mol. The summed E-state index contributed by atoms with van der Waals surface area (Å²) in [5, 5.41) is 2.14. The van der Waals surface area contributed by atoms with Gasteiger partial charge in [-0.15, -0.1) is 11.3 Å². The Bertz CT molecular complexity index is 678. The van der Waals surface area contributed by atoms with E-state index in [1.54, 1.807) is 23.6 Å². The van der Waals surface area contributed by atoms with Crippen LogP contribution in [0.4, 0.5) is 5.69 Å². The summed E-state index contributed by atoms with van der Waals surface area (Å²) in [6.45, 7) is 0.157. The number of rotatable bonds is 4. The zero-order chi connectivity index (χ0) is 14.0. The molecule has 0 saturated carbocycles. The summed E-state index contributed by atoms with van der Waals surface area (Å²) in [4.78, 5) is 0.728. The Morgan fingerprint density at radius 3 is 2.42 bits per heavy atom. The third kappa shape index (κ3) is 3.04. The number of halogens is 2. The molecule has 19 heavy (non-hydrogen) atoms. The lowest BCUT2D eigenvalue weighted by molar-refractivity contribution is 0.600. The first-order chi connectivity index (χ1) is 8.95. The molecule has 2 aromatic rings. The van der Waals surface area contributed by atoms with Crippen molar-refractivity contribution in [2.75, 3.05) is 4.72 Å². The van der Waals surface area contributed by atoms with Crippen LogP contribution in [0.15, 0.2) is 34.5 Å². The molecular formula is C11H10Cl2N2O2S2. The normalized spacial score (nSPS) is 11.5. The molecule has 3 N–H and O–H groups in total. The van der Waals surface area contributed by atoms with E-state index in [0.717, 1.165) is 0 Å². The van der Waals surface area contributed by atoms with Crippen molar-refractivity contribution in [3.05, 3.63) is 44.6 Å². The zero-order valence-electron chi connectivity index (χ0n) is 9.56. The molecule has 0 fully saturated rings. The highest BCUT2D eigenvalue weighted by Crippen LogP contribution is 2.33. The fourth-order valence-electron chi connectivity index (χ4n) is 1.50. The van der Waals surface area contributed by atoms with Crippen LogP contribution >= 0.6 is 34.5 Å². The molecule has 102 valence electrons. The Hall–Kier alpha value is -0.790. The SMILES string of the molecule is NCc1sccc1S(=O)(=O)Nc1c(Cl)cccc1Cl. The van der Waals surface area contributed by atoms with Crippen LogP contribution in [0.2, 0.25) is 10.0 Å². The number of thiophene rings is 1. The van der Waals surface area contributed by atoms with Crippen LogP contribution in [0, 0.1) is 0 Å². The molecule has 0 amide bonds. The van der Waals surface area contributed by atoms with Gasteiger partial charge in [-0.25, -0.2) is 8.42 Å². The van der Waals surface area contributed by atoms with Crippen molar-refractivity contribution >= 4 is 50.2 Å². The summed E-state index contributed by atoms with van der Waals surface area (Å²) in [5.41, 5.74) is 5.68. The second-order valence-corrected chi connectivity index (χ2v) is 7.08. The Labute approximate surface area is 125 Å². The summed E-state index contributed by atoms with van der Waals surface area (Å²) >= 11 is 13.2. The molecule has 0 bridgehead atoms. The second kappa shape index (κ2) is 5.68. The van der Waals surface area contributed by atoms with E-state index >= 15 is 0 Å². The van der Waals surface area contributed by atoms with Gasteiger partial charge in [-0.1, -0.05) is 29.3 Å². The zero-order valence-corrected chi connectivity index (χ0v) is 12.7. The predicted octanol–water partition coefficient (Wildman–Crippen LogP) is 3.31. The Kier molecular flexibility index (Phi) is 4.37. The van der Waals surface area contributed by atoms with Gasteiger partial charge < -0.3 is 5.73 Å². The quantitative estimate of drug-likeness (QED) is 0.899. The van der Waals surface area contributed by atoms with Crippen LogP contribution in [-0.2, 0) is 16.6 Å². The Morgan fingerprint density at radius 2 is 1.84 bits per heavy atom. The van der Waals surface area contributed by atoms with E-state index in [4.69, 9.17) is 28.9 Å². The predicted molar refractivity (Wildman–Crippen MR) is 79.5 cm³/mol. The molecule has 0 aliphatic rings. The maximum atomic E-state index is 12.3. The van der Waals surface area contributed by atoms with Gasteiger partial charge in [0, 0.05) is 11.4 Å². The van der Waals surface area contributed by atoms with Crippen LogP contribution in [0.3, 0.4) is 0 Å². The molecule has 0 radical (unpaired) electrons. The van der Waals surface area contributed by atoms with Crippen LogP contribution in [-0.4, -0.2) is 8.42 Å². The maximum absolute atomic E-state index is 12.3. The highest BCUT2D eigenvalue weighted by Gasteiger charge is 2.21. The van der Waals surface area contributed by atoms with E-state index in [1.807, 2.05) is 0 Å². The smallest absolute Gasteiger partial charge is 0.263 e. The Morgan fingerprint density at radius 1 is 1.21 bits per heavy atom. The van der Waals surface area contributed by atoms with Crippen molar-refractivity contribution in [3.8, 4) is 0 Å². The van der Waals surface area contributed by atoms with E-state index in [2.05, 4.69) is 4.72 Å². The fourth-order valence-corrected chi connectivity index (χ4v) is 4.54. The van der Waals surface area contributed by atoms with Gasteiger partial charge in [-0.3, -0.25) is 4.72 Å². The van der Waals surface area contributed by atoms with Crippen molar-refractivity contribution in [3.63, 3.8) is 0 Å². The average Bonchev–Trinajstić information content (AvgIpc) is 2.83. The second-order valence-electron chi connectivity index (χ2n) is 3.61. The van der Waals surface area contributed by atoms with Crippen molar-refractivity contribution in [2.45, 2.75) is 11.4 Å². The minimum Gasteiger partial charge on any atom is -0.326 e. The Balaban J connectivity index is 2.43. The lowest BCUT2D eigenvalue weighted by atomic mass is 10.3. The van der Waals surface area contributed by atoms with Gasteiger partial charge in [0.15, 0.2) is 0 Å². The molecule has 1 aromatic carbocycles. The number of benzene rings is 1. The maximum Gasteiger partial charge on any atom is 0.263 e. The van der Waals surface area contributed by atoms with Crippen LogP contribution in [0.1, 0.15) is 4.88 Å². The molecule has 0 aliphatic heterocycles. The van der Waals surface area contributed by atoms with E-state index in [9.17, 15) is 8.42 Å². The van der Waals surface area contributed by atoms with Gasteiger partial charge in [-0.05, 0) is 23.6 Å². The first-order valence-corrected chi connectivity index (χ1v) is 8.31. The third-order valence-electron chi connectivity index (χ3n) is 2.38.